The fourth-order valence-electron chi connectivity index (χ4n) is 4.85. The number of piperidine rings is 1. The van der Waals surface area contributed by atoms with Gasteiger partial charge in [0.1, 0.15) is 0 Å². The van der Waals surface area contributed by atoms with Crippen molar-refractivity contribution in [2.75, 3.05) is 31.5 Å². The predicted molar refractivity (Wildman–Crippen MR) is 135 cm³/mol. The van der Waals surface area contributed by atoms with Crippen LogP contribution in [0.3, 0.4) is 0 Å². The Hall–Kier alpha value is -2.86. The first kappa shape index (κ1) is 23.3. The van der Waals surface area contributed by atoms with E-state index in [9.17, 15) is 4.79 Å². The van der Waals surface area contributed by atoms with Crippen LogP contribution in [0.4, 0.5) is 5.69 Å². The SMILES string of the molecule is CCNC(=NCc1ccc(CN2CCCC(C)C2)cc1)NCC1CC(=O)Nc2ccccc21. The van der Waals surface area contributed by atoms with Crippen LogP contribution in [0.25, 0.3) is 0 Å². The molecule has 176 valence electrons. The van der Waals surface area contributed by atoms with Crippen molar-refractivity contribution < 1.29 is 4.79 Å². The Morgan fingerprint density at radius 1 is 1.12 bits per heavy atom. The molecule has 0 saturated carbocycles. The summed E-state index contributed by atoms with van der Waals surface area (Å²) in [6.45, 7) is 9.96. The van der Waals surface area contributed by atoms with Gasteiger partial charge in [-0.25, -0.2) is 4.99 Å². The lowest BCUT2D eigenvalue weighted by molar-refractivity contribution is -0.116. The molecule has 2 aliphatic rings. The lowest BCUT2D eigenvalue weighted by atomic mass is 9.90. The van der Waals surface area contributed by atoms with Crippen LogP contribution in [-0.2, 0) is 17.9 Å². The number of rotatable bonds is 7. The van der Waals surface area contributed by atoms with Gasteiger partial charge in [0, 0.05) is 44.2 Å². The van der Waals surface area contributed by atoms with Crippen molar-refractivity contribution in [1.29, 1.82) is 0 Å². The second kappa shape index (κ2) is 11.3. The van der Waals surface area contributed by atoms with Gasteiger partial charge in [0.15, 0.2) is 5.96 Å². The Balaban J connectivity index is 1.33. The molecular weight excluding hydrogens is 410 g/mol. The number of aliphatic imine (C=N–C) groups is 1. The number of amides is 1. The summed E-state index contributed by atoms with van der Waals surface area (Å²) in [6.07, 6.45) is 3.15. The Kier molecular flexibility index (Phi) is 8.00. The number of hydrogen-bond acceptors (Lipinski definition) is 3. The number of para-hydroxylation sites is 1. The van der Waals surface area contributed by atoms with Crippen molar-refractivity contribution in [2.45, 2.75) is 52.1 Å². The highest BCUT2D eigenvalue weighted by Gasteiger charge is 2.24. The summed E-state index contributed by atoms with van der Waals surface area (Å²) < 4.78 is 0. The number of anilines is 1. The third-order valence-electron chi connectivity index (χ3n) is 6.56. The molecule has 0 spiro atoms. The summed E-state index contributed by atoms with van der Waals surface area (Å²) in [5.74, 6) is 1.80. The number of likely N-dealkylation sites (tertiary alicyclic amines) is 1. The van der Waals surface area contributed by atoms with Crippen molar-refractivity contribution in [3.8, 4) is 0 Å². The minimum absolute atomic E-state index is 0.0709. The Bertz CT molecular complexity index is 955. The third kappa shape index (κ3) is 6.57. The average Bonchev–Trinajstić information content (AvgIpc) is 2.81. The Morgan fingerprint density at radius 3 is 2.70 bits per heavy atom. The molecule has 1 amide bonds. The lowest BCUT2D eigenvalue weighted by Gasteiger charge is -2.30. The van der Waals surface area contributed by atoms with Gasteiger partial charge in [0.05, 0.1) is 6.54 Å². The number of nitrogens with one attached hydrogen (secondary N) is 3. The lowest BCUT2D eigenvalue weighted by Crippen LogP contribution is -2.40. The molecule has 2 aliphatic heterocycles. The molecule has 2 aromatic carbocycles. The summed E-state index contributed by atoms with van der Waals surface area (Å²) in [5, 5.41) is 9.74. The number of benzene rings is 2. The van der Waals surface area contributed by atoms with Gasteiger partial charge in [0.2, 0.25) is 5.91 Å². The van der Waals surface area contributed by atoms with E-state index in [0.717, 1.165) is 30.7 Å². The number of hydrogen-bond donors (Lipinski definition) is 3. The van der Waals surface area contributed by atoms with Crippen LogP contribution in [-0.4, -0.2) is 42.9 Å². The van der Waals surface area contributed by atoms with Crippen molar-refractivity contribution in [1.82, 2.24) is 15.5 Å². The molecule has 6 nitrogen and oxygen atoms in total. The molecule has 2 heterocycles. The van der Waals surface area contributed by atoms with E-state index in [2.05, 4.69) is 65.0 Å². The molecule has 6 heteroatoms. The summed E-state index contributed by atoms with van der Waals surface area (Å²) >= 11 is 0. The zero-order valence-electron chi connectivity index (χ0n) is 19.9. The largest absolute Gasteiger partial charge is 0.357 e. The van der Waals surface area contributed by atoms with Crippen LogP contribution in [0.2, 0.25) is 0 Å². The first-order chi connectivity index (χ1) is 16.1. The highest BCUT2D eigenvalue weighted by atomic mass is 16.1. The van der Waals surface area contributed by atoms with E-state index in [1.165, 1.54) is 42.6 Å². The first-order valence-electron chi connectivity index (χ1n) is 12.3. The van der Waals surface area contributed by atoms with Gasteiger partial charge in [-0.2, -0.15) is 0 Å². The maximum absolute atomic E-state index is 12.1. The number of guanidine groups is 1. The van der Waals surface area contributed by atoms with Crippen LogP contribution in [0, 0.1) is 5.92 Å². The summed E-state index contributed by atoms with van der Waals surface area (Å²) in [7, 11) is 0. The molecule has 3 N–H and O–H groups in total. The fourth-order valence-corrected chi connectivity index (χ4v) is 4.85. The molecule has 4 rings (SSSR count). The molecule has 33 heavy (non-hydrogen) atoms. The molecule has 1 saturated heterocycles. The molecular formula is C27H37N5O. The van der Waals surface area contributed by atoms with Gasteiger partial charge >= 0.3 is 0 Å². The number of fused-ring (bicyclic) bond motifs is 1. The smallest absolute Gasteiger partial charge is 0.225 e. The molecule has 0 bridgehead atoms. The van der Waals surface area contributed by atoms with Crippen LogP contribution in [0.15, 0.2) is 53.5 Å². The third-order valence-corrected chi connectivity index (χ3v) is 6.56. The van der Waals surface area contributed by atoms with Crippen LogP contribution < -0.4 is 16.0 Å². The van der Waals surface area contributed by atoms with E-state index >= 15 is 0 Å². The van der Waals surface area contributed by atoms with Crippen LogP contribution >= 0.6 is 0 Å². The Morgan fingerprint density at radius 2 is 1.91 bits per heavy atom. The van der Waals surface area contributed by atoms with Crippen LogP contribution in [0.5, 0.6) is 0 Å². The molecule has 2 unspecified atom stereocenters. The van der Waals surface area contributed by atoms with Crippen molar-refractivity contribution in [3.05, 3.63) is 65.2 Å². The zero-order valence-corrected chi connectivity index (χ0v) is 19.9. The van der Waals surface area contributed by atoms with Gasteiger partial charge in [-0.1, -0.05) is 49.4 Å². The minimum Gasteiger partial charge on any atom is -0.357 e. The zero-order chi connectivity index (χ0) is 23.0. The highest BCUT2D eigenvalue weighted by Crippen LogP contribution is 2.31. The van der Waals surface area contributed by atoms with Gasteiger partial charge < -0.3 is 16.0 Å². The molecule has 0 aromatic heterocycles. The highest BCUT2D eigenvalue weighted by molar-refractivity contribution is 5.94. The Labute approximate surface area is 197 Å². The first-order valence-corrected chi connectivity index (χ1v) is 12.3. The van der Waals surface area contributed by atoms with Crippen molar-refractivity contribution in [2.24, 2.45) is 10.9 Å². The van der Waals surface area contributed by atoms with Gasteiger partial charge in [-0.05, 0) is 55.0 Å². The average molecular weight is 448 g/mol. The van der Waals surface area contributed by atoms with Gasteiger partial charge in [-0.3, -0.25) is 9.69 Å². The van der Waals surface area contributed by atoms with Crippen LogP contribution in [0.1, 0.15) is 55.7 Å². The quantitative estimate of drug-likeness (QED) is 0.442. The molecule has 0 aliphatic carbocycles. The van der Waals surface area contributed by atoms with Crippen molar-refractivity contribution in [3.63, 3.8) is 0 Å². The summed E-state index contributed by atoms with van der Waals surface area (Å²) in [6, 6.07) is 16.9. The second-order valence-corrected chi connectivity index (χ2v) is 9.41. The molecule has 0 radical (unpaired) electrons. The normalized spacial score (nSPS) is 21.3. The minimum atomic E-state index is 0.0709. The van der Waals surface area contributed by atoms with E-state index in [-0.39, 0.29) is 11.8 Å². The summed E-state index contributed by atoms with van der Waals surface area (Å²) in [4.78, 5) is 19.4. The standard InChI is InChI=1S/C27H37N5O/c1-3-28-27(30-17-23-15-26(33)31-25-9-5-4-8-24(23)25)29-16-21-10-12-22(13-11-21)19-32-14-6-7-20(2)18-32/h4-5,8-13,20,23H,3,6-7,14-19H2,1-2H3,(H,31,33)(H2,28,29,30). The van der Waals surface area contributed by atoms with Gasteiger partial charge in [0.25, 0.3) is 0 Å². The topological polar surface area (TPSA) is 68.8 Å². The number of carbonyl (C=O) groups is 1. The van der Waals surface area contributed by atoms with E-state index in [1.807, 2.05) is 18.2 Å². The van der Waals surface area contributed by atoms with Gasteiger partial charge in [-0.15, -0.1) is 0 Å². The molecule has 1 fully saturated rings. The molecule has 2 aromatic rings. The maximum atomic E-state index is 12.1. The van der Waals surface area contributed by atoms with E-state index < -0.39 is 0 Å². The number of carbonyl (C=O) groups excluding carboxylic acids is 1. The van der Waals surface area contributed by atoms with Crippen molar-refractivity contribution >= 4 is 17.6 Å². The molecule has 2 atom stereocenters. The second-order valence-electron chi connectivity index (χ2n) is 9.41. The summed E-state index contributed by atoms with van der Waals surface area (Å²) in [5.41, 5.74) is 4.67. The van der Waals surface area contributed by atoms with E-state index in [1.54, 1.807) is 0 Å². The monoisotopic (exact) mass is 447 g/mol. The predicted octanol–water partition coefficient (Wildman–Crippen LogP) is 4.10. The maximum Gasteiger partial charge on any atom is 0.225 e. The number of nitrogens with zero attached hydrogens (tertiary/aromatic N) is 2. The van der Waals surface area contributed by atoms with E-state index in [4.69, 9.17) is 4.99 Å². The fraction of sp³-hybridized carbons (Fsp3) is 0.481. The van der Waals surface area contributed by atoms with E-state index in [0.29, 0.717) is 19.5 Å².